The fraction of sp³-hybridized carbons (Fsp3) is 0.400. The molecule has 0 spiro atoms. The lowest BCUT2D eigenvalue weighted by Gasteiger charge is -2.32. The predicted molar refractivity (Wildman–Crippen MR) is 82.3 cm³/mol. The van der Waals surface area contributed by atoms with Crippen LogP contribution in [-0.2, 0) is 6.18 Å². The van der Waals surface area contributed by atoms with Gasteiger partial charge in [0, 0.05) is 37.1 Å². The van der Waals surface area contributed by atoms with Gasteiger partial charge in [0.25, 0.3) is 0 Å². The molecule has 0 aliphatic carbocycles. The topological polar surface area (TPSA) is 19.4 Å². The standard InChI is InChI=1S/C15H16F3N3S/c1-20-5-7-21(8-6-20)14-19-13(10-22-14)11-3-2-4-12(9-11)15(16,17)18/h2-4,9-10H,5-8H2,1H3. The highest BCUT2D eigenvalue weighted by atomic mass is 32.1. The zero-order valence-electron chi connectivity index (χ0n) is 12.1. The smallest absolute Gasteiger partial charge is 0.346 e. The van der Waals surface area contributed by atoms with Crippen LogP contribution in [-0.4, -0.2) is 43.1 Å². The van der Waals surface area contributed by atoms with Gasteiger partial charge in [-0.05, 0) is 19.2 Å². The summed E-state index contributed by atoms with van der Waals surface area (Å²) in [5.41, 5.74) is 0.468. The Kier molecular flexibility index (Phi) is 4.10. The summed E-state index contributed by atoms with van der Waals surface area (Å²) in [4.78, 5) is 8.94. The lowest BCUT2D eigenvalue weighted by Crippen LogP contribution is -2.44. The Bertz CT molecular complexity index is 645. The number of aromatic nitrogens is 1. The van der Waals surface area contributed by atoms with Crippen LogP contribution < -0.4 is 4.90 Å². The van der Waals surface area contributed by atoms with E-state index < -0.39 is 11.7 Å². The van der Waals surface area contributed by atoms with E-state index in [1.807, 2.05) is 5.38 Å². The Morgan fingerprint density at radius 2 is 1.86 bits per heavy atom. The molecule has 2 aromatic rings. The second-order valence-electron chi connectivity index (χ2n) is 5.38. The molecule has 22 heavy (non-hydrogen) atoms. The van der Waals surface area contributed by atoms with Gasteiger partial charge in [-0.2, -0.15) is 13.2 Å². The van der Waals surface area contributed by atoms with Crippen LogP contribution in [0.1, 0.15) is 5.56 Å². The summed E-state index contributed by atoms with van der Waals surface area (Å²) in [5.74, 6) is 0. The number of halogens is 3. The number of rotatable bonds is 2. The highest BCUT2D eigenvalue weighted by molar-refractivity contribution is 7.14. The van der Waals surface area contributed by atoms with Crippen molar-refractivity contribution in [2.75, 3.05) is 38.1 Å². The molecule has 118 valence electrons. The molecule has 0 radical (unpaired) electrons. The number of thiazole rings is 1. The van der Waals surface area contributed by atoms with Crippen molar-refractivity contribution in [3.8, 4) is 11.3 Å². The van der Waals surface area contributed by atoms with E-state index in [1.54, 1.807) is 6.07 Å². The summed E-state index contributed by atoms with van der Waals surface area (Å²) < 4.78 is 38.4. The summed E-state index contributed by atoms with van der Waals surface area (Å²) in [6.45, 7) is 3.73. The van der Waals surface area contributed by atoms with E-state index in [4.69, 9.17) is 0 Å². The number of nitrogens with zero attached hydrogens (tertiary/aromatic N) is 3. The summed E-state index contributed by atoms with van der Waals surface area (Å²) in [5, 5.41) is 2.70. The molecule has 2 heterocycles. The van der Waals surface area contributed by atoms with Crippen LogP contribution in [0.25, 0.3) is 11.3 Å². The van der Waals surface area contributed by atoms with Crippen molar-refractivity contribution >= 4 is 16.5 Å². The van der Waals surface area contributed by atoms with E-state index in [9.17, 15) is 13.2 Å². The van der Waals surface area contributed by atoms with Gasteiger partial charge in [0.15, 0.2) is 5.13 Å². The largest absolute Gasteiger partial charge is 0.416 e. The van der Waals surface area contributed by atoms with Crippen LogP contribution in [0.5, 0.6) is 0 Å². The molecular weight excluding hydrogens is 311 g/mol. The molecule has 0 unspecified atom stereocenters. The first-order valence-corrected chi connectivity index (χ1v) is 7.88. The van der Waals surface area contributed by atoms with Gasteiger partial charge in [0.2, 0.25) is 0 Å². The number of benzene rings is 1. The molecule has 1 fully saturated rings. The van der Waals surface area contributed by atoms with Gasteiger partial charge in [-0.25, -0.2) is 4.98 Å². The molecule has 0 atom stereocenters. The zero-order chi connectivity index (χ0) is 15.7. The second-order valence-corrected chi connectivity index (χ2v) is 6.22. The summed E-state index contributed by atoms with van der Waals surface area (Å²) in [7, 11) is 2.08. The van der Waals surface area contributed by atoms with Gasteiger partial charge < -0.3 is 9.80 Å². The van der Waals surface area contributed by atoms with Crippen LogP contribution >= 0.6 is 11.3 Å². The number of alkyl halides is 3. The molecule has 1 aromatic carbocycles. The van der Waals surface area contributed by atoms with Crippen LogP contribution in [0.4, 0.5) is 18.3 Å². The molecule has 0 saturated carbocycles. The first-order valence-electron chi connectivity index (χ1n) is 7.00. The van der Waals surface area contributed by atoms with E-state index in [1.165, 1.54) is 17.4 Å². The van der Waals surface area contributed by atoms with E-state index >= 15 is 0 Å². The molecule has 1 aromatic heterocycles. The Morgan fingerprint density at radius 3 is 2.55 bits per heavy atom. The van der Waals surface area contributed by atoms with Gasteiger partial charge in [0.1, 0.15) is 0 Å². The summed E-state index contributed by atoms with van der Waals surface area (Å²) in [6, 6.07) is 5.32. The lowest BCUT2D eigenvalue weighted by molar-refractivity contribution is -0.137. The van der Waals surface area contributed by atoms with Crippen molar-refractivity contribution in [1.82, 2.24) is 9.88 Å². The molecule has 1 aliphatic heterocycles. The van der Waals surface area contributed by atoms with Gasteiger partial charge in [-0.3, -0.25) is 0 Å². The van der Waals surface area contributed by atoms with Gasteiger partial charge in [0.05, 0.1) is 11.3 Å². The van der Waals surface area contributed by atoms with Crippen molar-refractivity contribution in [3.63, 3.8) is 0 Å². The minimum absolute atomic E-state index is 0.506. The monoisotopic (exact) mass is 327 g/mol. The maximum absolute atomic E-state index is 12.8. The minimum atomic E-state index is -4.33. The third-order valence-electron chi connectivity index (χ3n) is 3.75. The normalized spacial score (nSPS) is 17.0. The maximum Gasteiger partial charge on any atom is 0.416 e. The molecule has 1 aliphatic rings. The molecule has 0 bridgehead atoms. The predicted octanol–water partition coefficient (Wildman–Crippen LogP) is 3.58. The first-order chi connectivity index (χ1) is 10.4. The highest BCUT2D eigenvalue weighted by Gasteiger charge is 2.30. The van der Waals surface area contributed by atoms with Crippen molar-refractivity contribution in [1.29, 1.82) is 0 Å². The van der Waals surface area contributed by atoms with Crippen LogP contribution in [0.3, 0.4) is 0 Å². The third kappa shape index (κ3) is 3.25. The lowest BCUT2D eigenvalue weighted by atomic mass is 10.1. The van der Waals surface area contributed by atoms with Crippen LogP contribution in [0.2, 0.25) is 0 Å². The molecule has 3 rings (SSSR count). The van der Waals surface area contributed by atoms with Crippen molar-refractivity contribution in [3.05, 3.63) is 35.2 Å². The van der Waals surface area contributed by atoms with E-state index in [-0.39, 0.29) is 0 Å². The summed E-state index contributed by atoms with van der Waals surface area (Å²) in [6.07, 6.45) is -4.33. The summed E-state index contributed by atoms with van der Waals surface area (Å²) >= 11 is 1.48. The number of piperazine rings is 1. The highest BCUT2D eigenvalue weighted by Crippen LogP contribution is 2.33. The number of hydrogen-bond acceptors (Lipinski definition) is 4. The van der Waals surface area contributed by atoms with E-state index in [0.29, 0.717) is 11.3 Å². The fourth-order valence-electron chi connectivity index (χ4n) is 2.39. The van der Waals surface area contributed by atoms with E-state index in [2.05, 4.69) is 21.8 Å². The number of anilines is 1. The average Bonchev–Trinajstić information content (AvgIpc) is 2.97. The Balaban J connectivity index is 1.82. The number of hydrogen-bond donors (Lipinski definition) is 0. The molecular formula is C15H16F3N3S. The Hall–Kier alpha value is -1.60. The fourth-order valence-corrected chi connectivity index (χ4v) is 3.28. The number of likely N-dealkylation sites (N-methyl/N-ethyl adjacent to an activating group) is 1. The molecule has 3 nitrogen and oxygen atoms in total. The zero-order valence-corrected chi connectivity index (χ0v) is 12.9. The van der Waals surface area contributed by atoms with E-state index in [0.717, 1.165) is 43.4 Å². The molecule has 0 amide bonds. The molecule has 7 heteroatoms. The molecule has 1 saturated heterocycles. The van der Waals surface area contributed by atoms with Gasteiger partial charge in [-0.1, -0.05) is 12.1 Å². The minimum Gasteiger partial charge on any atom is -0.346 e. The van der Waals surface area contributed by atoms with Gasteiger partial charge >= 0.3 is 6.18 Å². The van der Waals surface area contributed by atoms with Crippen molar-refractivity contribution in [2.45, 2.75) is 6.18 Å². The van der Waals surface area contributed by atoms with Gasteiger partial charge in [-0.15, -0.1) is 11.3 Å². The van der Waals surface area contributed by atoms with Crippen LogP contribution in [0, 0.1) is 0 Å². The Labute approximate surface area is 131 Å². The Morgan fingerprint density at radius 1 is 1.14 bits per heavy atom. The molecule has 0 N–H and O–H groups in total. The SMILES string of the molecule is CN1CCN(c2nc(-c3cccc(C(F)(F)F)c3)cs2)CC1. The third-order valence-corrected chi connectivity index (χ3v) is 4.65. The van der Waals surface area contributed by atoms with Crippen LogP contribution in [0.15, 0.2) is 29.6 Å². The van der Waals surface area contributed by atoms with Crippen molar-refractivity contribution in [2.24, 2.45) is 0 Å². The quantitative estimate of drug-likeness (QED) is 0.840. The average molecular weight is 327 g/mol. The second kappa shape index (κ2) is 5.89. The maximum atomic E-state index is 12.8. The van der Waals surface area contributed by atoms with Crippen molar-refractivity contribution < 1.29 is 13.2 Å². The first kappa shape index (κ1) is 15.3.